The van der Waals surface area contributed by atoms with Gasteiger partial charge in [0.1, 0.15) is 17.4 Å². The Morgan fingerprint density at radius 3 is 2.50 bits per heavy atom. The predicted molar refractivity (Wildman–Crippen MR) is 113 cm³/mol. The molecule has 1 aromatic heterocycles. The molecule has 3 aromatic rings. The zero-order valence-corrected chi connectivity index (χ0v) is 17.5. The summed E-state index contributed by atoms with van der Waals surface area (Å²) in [6.07, 6.45) is 1.33. The quantitative estimate of drug-likeness (QED) is 0.624. The number of benzene rings is 2. The zero-order chi connectivity index (χ0) is 21.1. The fraction of sp³-hybridized carbons (Fsp3) is 0.318. The normalized spacial score (nSPS) is 16.0. The molecule has 0 spiro atoms. The molecule has 1 atom stereocenters. The highest BCUT2D eigenvalue weighted by Gasteiger charge is 2.27. The highest BCUT2D eigenvalue weighted by Crippen LogP contribution is 2.25. The predicted octanol–water partition coefficient (Wildman–Crippen LogP) is 3.33. The summed E-state index contributed by atoms with van der Waals surface area (Å²) in [5.74, 6) is 0.323. The van der Waals surface area contributed by atoms with Gasteiger partial charge in [0, 0.05) is 31.1 Å². The number of carbonyl (C=O) groups is 1. The van der Waals surface area contributed by atoms with Crippen molar-refractivity contribution in [2.24, 2.45) is 0 Å². The molecule has 7 nitrogen and oxygen atoms in total. The van der Waals surface area contributed by atoms with Crippen LogP contribution in [0.15, 0.2) is 63.9 Å². The van der Waals surface area contributed by atoms with Crippen LogP contribution in [-0.4, -0.2) is 45.4 Å². The van der Waals surface area contributed by atoms with E-state index in [1.165, 1.54) is 28.6 Å². The molecule has 8 heteroatoms. The molecule has 2 aromatic carbocycles. The summed E-state index contributed by atoms with van der Waals surface area (Å²) in [5, 5.41) is 3.79. The number of para-hydroxylation sites is 1. The largest absolute Gasteiger partial charge is 0.458 e. The molecule has 30 heavy (non-hydrogen) atoms. The summed E-state index contributed by atoms with van der Waals surface area (Å²) in [4.78, 5) is 12.7. The van der Waals surface area contributed by atoms with Gasteiger partial charge in [-0.2, -0.15) is 4.31 Å². The van der Waals surface area contributed by atoms with Crippen molar-refractivity contribution < 1.29 is 22.4 Å². The minimum atomic E-state index is -3.49. The monoisotopic (exact) mass is 428 g/mol. The number of nitrogens with one attached hydrogen (secondary N) is 1. The molecular weight excluding hydrogens is 404 g/mol. The van der Waals surface area contributed by atoms with Gasteiger partial charge < -0.3 is 14.5 Å². The molecule has 0 unspecified atom stereocenters. The van der Waals surface area contributed by atoms with Gasteiger partial charge >= 0.3 is 0 Å². The van der Waals surface area contributed by atoms with E-state index in [0.717, 1.165) is 23.8 Å². The van der Waals surface area contributed by atoms with Crippen molar-refractivity contribution >= 4 is 26.9 Å². The Balaban J connectivity index is 1.41. The molecule has 1 amide bonds. The van der Waals surface area contributed by atoms with Crippen molar-refractivity contribution in [2.45, 2.75) is 23.8 Å². The summed E-state index contributed by atoms with van der Waals surface area (Å²) in [6, 6.07) is 15.6. The maximum absolute atomic E-state index is 12.6. The number of ether oxygens (including phenoxy) is 1. The molecule has 0 bridgehead atoms. The van der Waals surface area contributed by atoms with Crippen LogP contribution >= 0.6 is 0 Å². The van der Waals surface area contributed by atoms with Crippen molar-refractivity contribution in [1.82, 2.24) is 9.62 Å². The van der Waals surface area contributed by atoms with E-state index in [4.69, 9.17) is 9.15 Å². The molecule has 0 saturated carbocycles. The third-order valence-electron chi connectivity index (χ3n) is 5.31. The Hall–Kier alpha value is -2.68. The van der Waals surface area contributed by atoms with Gasteiger partial charge in [0.2, 0.25) is 10.0 Å². The van der Waals surface area contributed by atoms with Gasteiger partial charge in [-0.25, -0.2) is 8.42 Å². The minimum Gasteiger partial charge on any atom is -0.458 e. The van der Waals surface area contributed by atoms with Crippen LogP contribution in [0.25, 0.3) is 11.0 Å². The Morgan fingerprint density at radius 2 is 1.83 bits per heavy atom. The lowest BCUT2D eigenvalue weighted by Crippen LogP contribution is -2.29. The van der Waals surface area contributed by atoms with E-state index in [-0.39, 0.29) is 17.3 Å². The van der Waals surface area contributed by atoms with Crippen LogP contribution in [0.1, 0.15) is 35.1 Å². The fourth-order valence-corrected chi connectivity index (χ4v) is 5.12. The summed E-state index contributed by atoms with van der Waals surface area (Å²) in [6.45, 7) is 1.32. The van der Waals surface area contributed by atoms with Crippen molar-refractivity contribution in [3.8, 4) is 0 Å². The Bertz CT molecular complexity index is 1100. The zero-order valence-electron chi connectivity index (χ0n) is 16.7. The number of fused-ring (bicyclic) bond motifs is 1. The van der Waals surface area contributed by atoms with E-state index in [1.54, 1.807) is 7.11 Å². The smallest absolute Gasteiger partial charge is 0.251 e. The summed E-state index contributed by atoms with van der Waals surface area (Å²) < 4.78 is 38.0. The van der Waals surface area contributed by atoms with E-state index < -0.39 is 16.1 Å². The second-order valence-electron chi connectivity index (χ2n) is 7.26. The maximum Gasteiger partial charge on any atom is 0.251 e. The minimum absolute atomic E-state index is 0.206. The molecule has 4 rings (SSSR count). The molecule has 1 aliphatic heterocycles. The van der Waals surface area contributed by atoms with Gasteiger partial charge in [0.15, 0.2) is 0 Å². The number of nitrogens with zero attached hydrogens (tertiary/aromatic N) is 1. The second kappa shape index (κ2) is 8.59. The number of carbonyl (C=O) groups excluding carboxylic acids is 1. The first kappa shape index (κ1) is 20.6. The van der Waals surface area contributed by atoms with Crippen molar-refractivity contribution in [1.29, 1.82) is 0 Å². The number of methoxy groups -OCH3 is 1. The Labute approximate surface area is 175 Å². The fourth-order valence-electron chi connectivity index (χ4n) is 3.60. The van der Waals surface area contributed by atoms with E-state index in [0.29, 0.717) is 24.4 Å². The van der Waals surface area contributed by atoms with Gasteiger partial charge in [0.05, 0.1) is 11.4 Å². The number of hydrogen-bond acceptors (Lipinski definition) is 5. The molecule has 1 N–H and O–H groups in total. The topological polar surface area (TPSA) is 88.8 Å². The highest BCUT2D eigenvalue weighted by atomic mass is 32.2. The molecule has 1 fully saturated rings. The SMILES string of the molecule is CO[C@@H](CNC(=O)c1ccc(S(=O)(=O)N2CCCC2)cc1)c1cc2ccccc2o1. The van der Waals surface area contributed by atoms with Crippen LogP contribution in [0.3, 0.4) is 0 Å². The van der Waals surface area contributed by atoms with E-state index in [9.17, 15) is 13.2 Å². The lowest BCUT2D eigenvalue weighted by molar-refractivity contribution is 0.0747. The first-order chi connectivity index (χ1) is 14.5. The molecule has 0 radical (unpaired) electrons. The highest BCUT2D eigenvalue weighted by molar-refractivity contribution is 7.89. The molecule has 1 saturated heterocycles. The van der Waals surface area contributed by atoms with Crippen LogP contribution in [0, 0.1) is 0 Å². The average Bonchev–Trinajstić information content (AvgIpc) is 3.44. The van der Waals surface area contributed by atoms with Crippen LogP contribution in [0.5, 0.6) is 0 Å². The van der Waals surface area contributed by atoms with Gasteiger partial charge in [-0.15, -0.1) is 0 Å². The number of amides is 1. The molecule has 2 heterocycles. The van der Waals surface area contributed by atoms with Crippen LogP contribution < -0.4 is 5.32 Å². The second-order valence-corrected chi connectivity index (χ2v) is 9.19. The van der Waals surface area contributed by atoms with Gasteiger partial charge in [0.25, 0.3) is 5.91 Å². The number of hydrogen-bond donors (Lipinski definition) is 1. The molecule has 158 valence electrons. The Kier molecular flexibility index (Phi) is 5.90. The van der Waals surface area contributed by atoms with Gasteiger partial charge in [-0.3, -0.25) is 4.79 Å². The van der Waals surface area contributed by atoms with E-state index in [1.807, 2.05) is 30.3 Å². The van der Waals surface area contributed by atoms with Crippen LogP contribution in [0.2, 0.25) is 0 Å². The van der Waals surface area contributed by atoms with Gasteiger partial charge in [-0.1, -0.05) is 18.2 Å². The van der Waals surface area contributed by atoms with Crippen molar-refractivity contribution in [2.75, 3.05) is 26.7 Å². The summed E-state index contributed by atoms with van der Waals surface area (Å²) in [5.41, 5.74) is 1.14. The first-order valence-corrected chi connectivity index (χ1v) is 11.3. The molecule has 0 aliphatic carbocycles. The van der Waals surface area contributed by atoms with Gasteiger partial charge in [-0.05, 0) is 49.2 Å². The average molecular weight is 429 g/mol. The lowest BCUT2D eigenvalue weighted by atomic mass is 10.2. The first-order valence-electron chi connectivity index (χ1n) is 9.89. The van der Waals surface area contributed by atoms with Crippen LogP contribution in [0.4, 0.5) is 0 Å². The number of rotatable bonds is 7. The van der Waals surface area contributed by atoms with E-state index in [2.05, 4.69) is 5.32 Å². The molecular formula is C22H24N2O5S. The van der Waals surface area contributed by atoms with Crippen molar-refractivity contribution in [3.63, 3.8) is 0 Å². The summed E-state index contributed by atoms with van der Waals surface area (Å²) in [7, 11) is -1.93. The standard InChI is InChI=1S/C22H24N2O5S/c1-28-21(20-14-17-6-2-3-7-19(17)29-20)15-23-22(25)16-8-10-18(11-9-16)30(26,27)24-12-4-5-13-24/h2-3,6-11,14,21H,4-5,12-13,15H2,1H3,(H,23,25)/t21-/m0/s1. The third kappa shape index (κ3) is 4.12. The number of sulfonamides is 1. The lowest BCUT2D eigenvalue weighted by Gasteiger charge is -2.16. The maximum atomic E-state index is 12.6. The Morgan fingerprint density at radius 1 is 1.13 bits per heavy atom. The van der Waals surface area contributed by atoms with E-state index >= 15 is 0 Å². The third-order valence-corrected chi connectivity index (χ3v) is 7.23. The van der Waals surface area contributed by atoms with Crippen LogP contribution in [-0.2, 0) is 14.8 Å². The summed E-state index contributed by atoms with van der Waals surface area (Å²) >= 11 is 0. The molecule has 1 aliphatic rings. The van der Waals surface area contributed by atoms with Crippen molar-refractivity contribution in [3.05, 3.63) is 65.9 Å². The number of furan rings is 1.